The van der Waals surface area contributed by atoms with E-state index in [0.717, 1.165) is 64.1 Å². The summed E-state index contributed by atoms with van der Waals surface area (Å²) < 4.78 is 0. The van der Waals surface area contributed by atoms with E-state index < -0.39 is 0 Å². The lowest BCUT2D eigenvalue weighted by atomic mass is 9.99. The number of carbonyl (C=O) groups excluding carboxylic acids is 1. The van der Waals surface area contributed by atoms with Gasteiger partial charge in [0.25, 0.3) is 5.91 Å². The van der Waals surface area contributed by atoms with Gasteiger partial charge in [0.15, 0.2) is 0 Å². The fourth-order valence-corrected chi connectivity index (χ4v) is 6.29. The smallest absolute Gasteiger partial charge is 0.275 e. The predicted molar refractivity (Wildman–Crippen MR) is 150 cm³/mol. The molecule has 9 heteroatoms. The normalized spacial score (nSPS) is 17.2. The molecule has 4 heterocycles. The minimum Gasteiger partial charge on any atom is -0.361 e. The van der Waals surface area contributed by atoms with Gasteiger partial charge in [-0.25, -0.2) is 4.98 Å². The average molecular weight is 514 g/mol. The maximum absolute atomic E-state index is 13.3. The highest BCUT2D eigenvalue weighted by Gasteiger charge is 2.26. The zero-order chi connectivity index (χ0) is 25.5. The van der Waals surface area contributed by atoms with Gasteiger partial charge in [-0.2, -0.15) is 5.10 Å². The summed E-state index contributed by atoms with van der Waals surface area (Å²) in [4.78, 5) is 26.2. The minimum absolute atomic E-state index is 0.208. The molecule has 0 saturated carbocycles. The van der Waals surface area contributed by atoms with Crippen LogP contribution in [-0.4, -0.2) is 67.6 Å². The van der Waals surface area contributed by atoms with Crippen LogP contribution in [0.2, 0.25) is 0 Å². The van der Waals surface area contributed by atoms with Crippen LogP contribution >= 0.6 is 11.3 Å². The molecule has 37 heavy (non-hydrogen) atoms. The highest BCUT2D eigenvalue weighted by molar-refractivity contribution is 7.09. The molecule has 0 radical (unpaired) electrons. The molecule has 8 nitrogen and oxygen atoms in total. The Morgan fingerprint density at radius 2 is 2.08 bits per heavy atom. The van der Waals surface area contributed by atoms with Crippen molar-refractivity contribution in [3.63, 3.8) is 0 Å². The van der Waals surface area contributed by atoms with E-state index in [1.165, 1.54) is 0 Å². The number of benzene rings is 2. The number of anilines is 1. The minimum atomic E-state index is -0.208. The van der Waals surface area contributed by atoms with Crippen LogP contribution in [0.1, 0.15) is 36.3 Å². The molecule has 1 aliphatic rings. The molecule has 0 bridgehead atoms. The number of fused-ring (bicyclic) bond motifs is 2. The molecule has 1 atom stereocenters. The Morgan fingerprint density at radius 3 is 2.92 bits per heavy atom. The van der Waals surface area contributed by atoms with E-state index in [1.807, 2.05) is 23.7 Å². The molecular formula is C28H31N7OS. The summed E-state index contributed by atoms with van der Waals surface area (Å²) in [5.41, 5.74) is 5.20. The highest BCUT2D eigenvalue weighted by atomic mass is 32.1. The summed E-state index contributed by atoms with van der Waals surface area (Å²) in [6.07, 6.45) is 3.69. The number of rotatable bonds is 6. The van der Waals surface area contributed by atoms with Crippen molar-refractivity contribution >= 4 is 44.7 Å². The molecule has 1 aliphatic heterocycles. The fourth-order valence-electron chi connectivity index (χ4n) is 5.47. The Kier molecular flexibility index (Phi) is 6.27. The third-order valence-electron chi connectivity index (χ3n) is 7.28. The highest BCUT2D eigenvalue weighted by Crippen LogP contribution is 2.34. The van der Waals surface area contributed by atoms with Gasteiger partial charge in [-0.05, 0) is 56.2 Å². The molecule has 5 aromatic rings. The van der Waals surface area contributed by atoms with Crippen molar-refractivity contribution in [2.24, 2.45) is 0 Å². The Hall–Kier alpha value is -3.53. The first kappa shape index (κ1) is 23.8. The standard InChI is InChI=1S/C28H31N7OS/c1-17(2)35-10-9-34(14-18(35)3)15-27-31-26(16-37-27)28(36)32-24-11-19(12-25-22(24)13-30-33-25)20-5-4-6-23-21(20)7-8-29-23/h4-8,11-13,16-18,29H,9-10,14-15H2,1-3H3,(H,30,33)(H,32,36). The third-order valence-corrected chi connectivity index (χ3v) is 8.12. The molecule has 2 aromatic carbocycles. The molecule has 3 N–H and O–H groups in total. The monoisotopic (exact) mass is 513 g/mol. The van der Waals surface area contributed by atoms with Gasteiger partial charge in [-0.1, -0.05) is 12.1 Å². The second kappa shape index (κ2) is 9.74. The van der Waals surface area contributed by atoms with Gasteiger partial charge in [0.05, 0.1) is 23.9 Å². The predicted octanol–water partition coefficient (Wildman–Crippen LogP) is 5.33. The maximum Gasteiger partial charge on any atom is 0.275 e. The Morgan fingerprint density at radius 1 is 1.19 bits per heavy atom. The quantitative estimate of drug-likeness (QED) is 0.285. The lowest BCUT2D eigenvalue weighted by Gasteiger charge is -2.41. The number of piperazine rings is 1. The van der Waals surface area contributed by atoms with Gasteiger partial charge in [0, 0.05) is 59.6 Å². The number of thiazole rings is 1. The summed E-state index contributed by atoms with van der Waals surface area (Å²) in [5.74, 6) is -0.208. The van der Waals surface area contributed by atoms with Crippen molar-refractivity contribution in [1.29, 1.82) is 0 Å². The van der Waals surface area contributed by atoms with E-state index in [1.54, 1.807) is 17.5 Å². The molecule has 1 saturated heterocycles. The average Bonchev–Trinajstić information content (AvgIpc) is 3.64. The van der Waals surface area contributed by atoms with Gasteiger partial charge in [0.1, 0.15) is 10.7 Å². The van der Waals surface area contributed by atoms with Gasteiger partial charge >= 0.3 is 0 Å². The molecule has 6 rings (SSSR count). The number of hydrogen-bond acceptors (Lipinski definition) is 6. The van der Waals surface area contributed by atoms with E-state index in [0.29, 0.717) is 23.5 Å². The first-order valence-electron chi connectivity index (χ1n) is 12.7. The molecule has 3 aromatic heterocycles. The molecule has 1 unspecified atom stereocenters. The lowest BCUT2D eigenvalue weighted by Crippen LogP contribution is -2.53. The summed E-state index contributed by atoms with van der Waals surface area (Å²) in [5, 5.41) is 15.2. The van der Waals surface area contributed by atoms with Crippen molar-refractivity contribution in [3.05, 3.63) is 64.9 Å². The fraction of sp³-hybridized carbons (Fsp3) is 0.321. The number of aromatic nitrogens is 4. The van der Waals surface area contributed by atoms with Crippen LogP contribution in [0.25, 0.3) is 32.9 Å². The van der Waals surface area contributed by atoms with Crippen LogP contribution in [0.5, 0.6) is 0 Å². The van der Waals surface area contributed by atoms with E-state index in [9.17, 15) is 4.79 Å². The summed E-state index contributed by atoms with van der Waals surface area (Å²) >= 11 is 1.55. The van der Waals surface area contributed by atoms with E-state index in [2.05, 4.69) is 80.3 Å². The molecule has 1 fully saturated rings. The van der Waals surface area contributed by atoms with E-state index in [4.69, 9.17) is 0 Å². The van der Waals surface area contributed by atoms with Crippen molar-refractivity contribution in [1.82, 2.24) is 30.0 Å². The van der Waals surface area contributed by atoms with E-state index in [-0.39, 0.29) is 5.91 Å². The number of aromatic amines is 2. The number of hydrogen-bond donors (Lipinski definition) is 3. The summed E-state index contributed by atoms with van der Waals surface area (Å²) in [6, 6.07) is 13.4. The Bertz CT molecular complexity index is 1570. The van der Waals surface area contributed by atoms with Crippen molar-refractivity contribution in [2.45, 2.75) is 39.4 Å². The summed E-state index contributed by atoms with van der Waals surface area (Å²) in [7, 11) is 0. The SMILES string of the molecule is CC(C)N1CCN(Cc2nc(C(=O)Nc3cc(-c4cccc5[nH]ccc45)cc4[nH]ncc34)cs2)CC1C. The number of nitrogens with one attached hydrogen (secondary N) is 3. The van der Waals surface area contributed by atoms with Crippen LogP contribution in [0.15, 0.2) is 54.2 Å². The van der Waals surface area contributed by atoms with Crippen molar-refractivity contribution in [3.8, 4) is 11.1 Å². The molecular weight excluding hydrogens is 482 g/mol. The van der Waals surface area contributed by atoms with Crippen LogP contribution in [0, 0.1) is 0 Å². The first-order valence-corrected chi connectivity index (χ1v) is 13.6. The lowest BCUT2D eigenvalue weighted by molar-refractivity contribution is 0.0564. The first-order chi connectivity index (χ1) is 18.0. The number of carbonyl (C=O) groups is 1. The topological polar surface area (TPSA) is 92.9 Å². The summed E-state index contributed by atoms with van der Waals surface area (Å²) in [6.45, 7) is 10.7. The van der Waals surface area contributed by atoms with Crippen LogP contribution in [0.3, 0.4) is 0 Å². The van der Waals surface area contributed by atoms with Gasteiger partial charge < -0.3 is 10.3 Å². The Balaban J connectivity index is 1.21. The molecule has 190 valence electrons. The van der Waals surface area contributed by atoms with Crippen molar-refractivity contribution in [2.75, 3.05) is 25.0 Å². The van der Waals surface area contributed by atoms with Crippen molar-refractivity contribution < 1.29 is 4.79 Å². The Labute approximate surface area is 219 Å². The molecule has 0 spiro atoms. The maximum atomic E-state index is 13.3. The molecule has 1 amide bonds. The zero-order valence-electron chi connectivity index (χ0n) is 21.3. The van der Waals surface area contributed by atoms with Crippen LogP contribution in [-0.2, 0) is 6.54 Å². The number of nitrogens with zero attached hydrogens (tertiary/aromatic N) is 4. The number of amides is 1. The van der Waals surface area contributed by atoms with Crippen LogP contribution in [0.4, 0.5) is 5.69 Å². The number of H-pyrrole nitrogens is 2. The second-order valence-corrected chi connectivity index (χ2v) is 11.0. The third kappa shape index (κ3) is 4.66. The van der Waals surface area contributed by atoms with Gasteiger partial charge in [-0.15, -0.1) is 11.3 Å². The van der Waals surface area contributed by atoms with Crippen LogP contribution < -0.4 is 5.32 Å². The van der Waals surface area contributed by atoms with Gasteiger partial charge in [-0.3, -0.25) is 19.7 Å². The molecule has 0 aliphatic carbocycles. The van der Waals surface area contributed by atoms with Gasteiger partial charge in [0.2, 0.25) is 0 Å². The second-order valence-electron chi connectivity index (χ2n) is 10.1. The largest absolute Gasteiger partial charge is 0.361 e. The zero-order valence-corrected chi connectivity index (χ0v) is 22.1. The van der Waals surface area contributed by atoms with E-state index >= 15 is 0 Å².